The zero-order chi connectivity index (χ0) is 20.3. The lowest BCUT2D eigenvalue weighted by molar-refractivity contribution is -0.161. The molecule has 1 aliphatic carbocycles. The van der Waals surface area contributed by atoms with Gasteiger partial charge in [-0.25, -0.2) is 4.79 Å². The number of ether oxygens (including phenoxy) is 1. The minimum absolute atomic E-state index is 0.0971. The molecule has 2 fully saturated rings. The van der Waals surface area contributed by atoms with Gasteiger partial charge in [-0.3, -0.25) is 19.3 Å². The molecule has 28 heavy (non-hydrogen) atoms. The van der Waals surface area contributed by atoms with Crippen molar-refractivity contribution in [2.24, 2.45) is 5.41 Å². The van der Waals surface area contributed by atoms with E-state index in [2.05, 4.69) is 0 Å². The molecule has 4 rings (SSSR count). The van der Waals surface area contributed by atoms with Gasteiger partial charge >= 0.3 is 5.97 Å². The van der Waals surface area contributed by atoms with Crippen LogP contribution in [0.2, 0.25) is 0 Å². The Bertz CT molecular complexity index is 883. The fraction of sp³-hybridized carbons (Fsp3) is 0.524. The number of hydrogen-bond acceptors (Lipinski definition) is 5. The molecule has 7 heteroatoms. The van der Waals surface area contributed by atoms with Crippen molar-refractivity contribution in [3.05, 3.63) is 29.8 Å². The van der Waals surface area contributed by atoms with E-state index in [4.69, 9.17) is 4.74 Å². The summed E-state index contributed by atoms with van der Waals surface area (Å²) in [6, 6.07) is 6.75. The van der Waals surface area contributed by atoms with Gasteiger partial charge in [0.2, 0.25) is 11.6 Å². The summed E-state index contributed by atoms with van der Waals surface area (Å²) in [5.74, 6) is -1.40. The predicted molar refractivity (Wildman–Crippen MR) is 101 cm³/mol. The number of nitrogens with zero attached hydrogens (tertiary/aromatic N) is 2. The van der Waals surface area contributed by atoms with Crippen molar-refractivity contribution in [3.63, 3.8) is 0 Å². The Morgan fingerprint density at radius 2 is 1.86 bits per heavy atom. The van der Waals surface area contributed by atoms with Crippen molar-refractivity contribution >= 4 is 29.3 Å². The molecule has 0 bridgehead atoms. The van der Waals surface area contributed by atoms with Crippen LogP contribution in [0.1, 0.15) is 56.8 Å². The first-order valence-corrected chi connectivity index (χ1v) is 9.64. The van der Waals surface area contributed by atoms with Crippen molar-refractivity contribution in [1.29, 1.82) is 0 Å². The zero-order valence-corrected chi connectivity index (χ0v) is 16.4. The van der Waals surface area contributed by atoms with E-state index in [1.807, 2.05) is 0 Å². The third-order valence-corrected chi connectivity index (χ3v) is 5.71. The van der Waals surface area contributed by atoms with E-state index in [0.717, 1.165) is 12.8 Å². The maximum Gasteiger partial charge on any atom is 0.354 e. The van der Waals surface area contributed by atoms with Crippen molar-refractivity contribution in [3.8, 4) is 0 Å². The zero-order valence-electron chi connectivity index (χ0n) is 16.4. The number of benzene rings is 1. The maximum absolute atomic E-state index is 13.3. The van der Waals surface area contributed by atoms with E-state index >= 15 is 0 Å². The highest BCUT2D eigenvalue weighted by Crippen LogP contribution is 2.49. The topological polar surface area (TPSA) is 84.0 Å². The first-order valence-electron chi connectivity index (χ1n) is 9.64. The first-order chi connectivity index (χ1) is 13.2. The van der Waals surface area contributed by atoms with Gasteiger partial charge in [-0.05, 0) is 25.0 Å². The highest BCUT2D eigenvalue weighted by molar-refractivity contribution is 6.15. The van der Waals surface area contributed by atoms with Gasteiger partial charge in [0, 0.05) is 24.3 Å². The van der Waals surface area contributed by atoms with E-state index in [-0.39, 0.29) is 43.1 Å². The Morgan fingerprint density at radius 1 is 1.18 bits per heavy atom. The van der Waals surface area contributed by atoms with Crippen LogP contribution in [0.4, 0.5) is 5.69 Å². The number of hydrogen-bond donors (Lipinski definition) is 0. The Labute approximate surface area is 163 Å². The van der Waals surface area contributed by atoms with E-state index in [1.165, 1.54) is 9.80 Å². The van der Waals surface area contributed by atoms with Crippen molar-refractivity contribution in [2.45, 2.75) is 58.2 Å². The van der Waals surface area contributed by atoms with E-state index in [0.29, 0.717) is 11.3 Å². The highest BCUT2D eigenvalue weighted by Gasteiger charge is 2.64. The molecular formula is C21H24N2O5. The van der Waals surface area contributed by atoms with Crippen LogP contribution in [0.3, 0.4) is 0 Å². The fourth-order valence-electron chi connectivity index (χ4n) is 3.98. The van der Waals surface area contributed by atoms with Gasteiger partial charge in [-0.15, -0.1) is 0 Å². The Morgan fingerprint density at radius 3 is 2.50 bits per heavy atom. The number of carbonyl (C=O) groups excluding carboxylic acids is 4. The molecule has 2 aliphatic heterocycles. The SMILES string of the molecule is CC(C)(C)C(=O)COC(=O)[C@@]12CCC(=O)N1c1ccccc1C(=O)N2C1CC1. The number of anilines is 1. The van der Waals surface area contributed by atoms with Crippen LogP contribution in [0.25, 0.3) is 0 Å². The Hall–Kier alpha value is -2.70. The van der Waals surface area contributed by atoms with Crippen LogP contribution >= 0.6 is 0 Å². The maximum atomic E-state index is 13.3. The number of esters is 1. The second-order valence-electron chi connectivity index (χ2n) is 8.72. The molecule has 0 radical (unpaired) electrons. The lowest BCUT2D eigenvalue weighted by atomic mass is 9.91. The van der Waals surface area contributed by atoms with Gasteiger partial charge in [0.25, 0.3) is 5.91 Å². The van der Waals surface area contributed by atoms with Gasteiger partial charge in [-0.2, -0.15) is 0 Å². The summed E-state index contributed by atoms with van der Waals surface area (Å²) >= 11 is 0. The molecule has 2 amide bonds. The van der Waals surface area contributed by atoms with Crippen molar-refractivity contribution < 1.29 is 23.9 Å². The average Bonchev–Trinajstić information content (AvgIpc) is 3.41. The van der Waals surface area contributed by atoms with Gasteiger partial charge in [-0.1, -0.05) is 32.9 Å². The second kappa shape index (κ2) is 6.15. The quantitative estimate of drug-likeness (QED) is 0.744. The molecule has 1 aromatic carbocycles. The summed E-state index contributed by atoms with van der Waals surface area (Å²) in [5.41, 5.74) is -1.29. The molecular weight excluding hydrogens is 360 g/mol. The average molecular weight is 384 g/mol. The Kier molecular flexibility index (Phi) is 4.10. The molecule has 0 unspecified atom stereocenters. The molecule has 7 nitrogen and oxygen atoms in total. The third kappa shape index (κ3) is 2.64. The number of para-hydroxylation sites is 1. The second-order valence-corrected chi connectivity index (χ2v) is 8.72. The van der Waals surface area contributed by atoms with Crippen molar-refractivity contribution in [1.82, 2.24) is 4.90 Å². The summed E-state index contributed by atoms with van der Waals surface area (Å²) in [5, 5.41) is 0. The van der Waals surface area contributed by atoms with E-state index < -0.39 is 17.0 Å². The van der Waals surface area contributed by atoms with Crippen LogP contribution in [0, 0.1) is 5.41 Å². The molecule has 1 saturated carbocycles. The van der Waals surface area contributed by atoms with Gasteiger partial charge in [0.15, 0.2) is 12.4 Å². The van der Waals surface area contributed by atoms with Crippen LogP contribution in [-0.4, -0.2) is 46.8 Å². The monoisotopic (exact) mass is 384 g/mol. The fourth-order valence-corrected chi connectivity index (χ4v) is 3.98. The summed E-state index contributed by atoms with van der Waals surface area (Å²) in [7, 11) is 0. The van der Waals surface area contributed by atoms with E-state index in [9.17, 15) is 19.2 Å². The number of carbonyl (C=O) groups is 4. The molecule has 1 saturated heterocycles. The van der Waals surface area contributed by atoms with Gasteiger partial charge in [0.05, 0.1) is 11.3 Å². The smallest absolute Gasteiger partial charge is 0.354 e. The summed E-state index contributed by atoms with van der Waals surface area (Å²) in [4.78, 5) is 54.6. The molecule has 0 spiro atoms. The molecule has 1 atom stereocenters. The number of ketones is 1. The largest absolute Gasteiger partial charge is 0.455 e. The van der Waals surface area contributed by atoms with Crippen LogP contribution in [0.15, 0.2) is 24.3 Å². The van der Waals surface area contributed by atoms with Crippen LogP contribution in [0.5, 0.6) is 0 Å². The lowest BCUT2D eigenvalue weighted by Crippen LogP contribution is -2.69. The molecule has 0 N–H and O–H groups in total. The van der Waals surface area contributed by atoms with Crippen molar-refractivity contribution in [2.75, 3.05) is 11.5 Å². The molecule has 3 aliphatic rings. The highest BCUT2D eigenvalue weighted by atomic mass is 16.5. The van der Waals surface area contributed by atoms with E-state index in [1.54, 1.807) is 45.0 Å². The number of Topliss-reactive ketones (excluding diaryl/α,β-unsaturated/α-hetero) is 1. The standard InChI is InChI=1S/C21H24N2O5/c1-20(2,3)16(24)12-28-19(27)21-11-10-17(25)23(21)15-7-5-4-6-14(15)18(26)22(21)13-8-9-13/h4-7,13H,8-12H2,1-3H3/t21-/m1/s1. The Balaban J connectivity index is 1.76. The van der Waals surface area contributed by atoms with Gasteiger partial charge in [0.1, 0.15) is 0 Å². The molecule has 148 valence electrons. The van der Waals surface area contributed by atoms with Crippen LogP contribution < -0.4 is 4.90 Å². The number of rotatable bonds is 4. The summed E-state index contributed by atoms with van der Waals surface area (Å²) in [6.45, 7) is 4.89. The summed E-state index contributed by atoms with van der Waals surface area (Å²) < 4.78 is 5.42. The normalized spacial score (nSPS) is 24.1. The third-order valence-electron chi connectivity index (χ3n) is 5.71. The molecule has 2 heterocycles. The molecule has 0 aromatic heterocycles. The molecule has 1 aromatic rings. The van der Waals surface area contributed by atoms with Crippen LogP contribution in [-0.2, 0) is 19.1 Å². The first kappa shape index (κ1) is 18.7. The number of fused-ring (bicyclic) bond motifs is 3. The lowest BCUT2D eigenvalue weighted by Gasteiger charge is -2.48. The summed E-state index contributed by atoms with van der Waals surface area (Å²) in [6.07, 6.45) is 1.88. The number of amides is 2. The predicted octanol–water partition coefficient (Wildman–Crippen LogP) is 2.29. The van der Waals surface area contributed by atoms with Gasteiger partial charge < -0.3 is 9.64 Å². The minimum Gasteiger partial charge on any atom is -0.455 e. The minimum atomic E-state index is -1.50.